The van der Waals surface area contributed by atoms with E-state index in [1.807, 2.05) is 6.92 Å². The van der Waals surface area contributed by atoms with Gasteiger partial charge in [0.1, 0.15) is 23.0 Å². The van der Waals surface area contributed by atoms with E-state index in [4.69, 9.17) is 20.3 Å². The van der Waals surface area contributed by atoms with E-state index in [-0.39, 0.29) is 24.3 Å². The van der Waals surface area contributed by atoms with Gasteiger partial charge in [0.25, 0.3) is 10.1 Å². The van der Waals surface area contributed by atoms with Crippen molar-refractivity contribution in [3.8, 4) is 11.5 Å². The lowest BCUT2D eigenvalue weighted by Gasteiger charge is -2.17. The van der Waals surface area contributed by atoms with Gasteiger partial charge in [0, 0.05) is 17.3 Å². The van der Waals surface area contributed by atoms with E-state index in [2.05, 4.69) is 20.8 Å². The lowest BCUT2D eigenvalue weighted by molar-refractivity contribution is 0.106. The number of methoxy groups -OCH3 is 1. The summed E-state index contributed by atoms with van der Waals surface area (Å²) < 4.78 is 44.8. The molecule has 0 spiro atoms. The van der Waals surface area contributed by atoms with Gasteiger partial charge in [-0.15, -0.1) is 0 Å². The minimum Gasteiger partial charge on any atom is -0.494 e. The quantitative estimate of drug-likeness (QED) is 0.125. The van der Waals surface area contributed by atoms with Crippen molar-refractivity contribution in [2.75, 3.05) is 31.5 Å². The highest BCUT2D eigenvalue weighted by Crippen LogP contribution is 2.35. The molecule has 0 amide bonds. The van der Waals surface area contributed by atoms with Crippen molar-refractivity contribution in [1.82, 2.24) is 0 Å². The largest absolute Gasteiger partial charge is 0.494 e. The lowest BCUT2D eigenvalue weighted by atomic mass is 9.94. The fraction of sp³-hybridized carbons (Fsp3) is 0.185. The molecule has 0 bridgehead atoms. The van der Waals surface area contributed by atoms with Crippen LogP contribution < -0.4 is 20.6 Å². The number of nitrogens with one attached hydrogen (secondary N) is 1. The van der Waals surface area contributed by atoms with Gasteiger partial charge >= 0.3 is 0 Å². The van der Waals surface area contributed by atoms with Crippen molar-refractivity contribution >= 4 is 50.4 Å². The van der Waals surface area contributed by atoms with Crippen LogP contribution in [0, 0.1) is 13.8 Å². The highest BCUT2D eigenvalue weighted by Gasteiger charge is 2.33. The Morgan fingerprint density at radius 2 is 1.73 bits per heavy atom. The number of benzene rings is 3. The minimum absolute atomic E-state index is 0.0860. The first-order valence-corrected chi connectivity index (χ1v) is 13.4. The van der Waals surface area contributed by atoms with Gasteiger partial charge in [-0.25, -0.2) is 0 Å². The number of aliphatic hydroxyl groups is 1. The summed E-state index contributed by atoms with van der Waals surface area (Å²) in [5, 5.41) is 21.6. The van der Waals surface area contributed by atoms with Crippen LogP contribution in [0.1, 0.15) is 27.0 Å². The zero-order chi connectivity index (χ0) is 29.0. The summed E-state index contributed by atoms with van der Waals surface area (Å²) >= 11 is 0. The first-order valence-electron chi connectivity index (χ1n) is 11.9. The molecule has 40 heavy (non-hydrogen) atoms. The van der Waals surface area contributed by atoms with E-state index in [1.54, 1.807) is 37.3 Å². The van der Waals surface area contributed by atoms with Crippen LogP contribution in [0.3, 0.4) is 0 Å². The molecule has 0 saturated heterocycles. The molecule has 5 N–H and O–H groups in total. The number of ketones is 1. The third kappa shape index (κ3) is 6.17. The topological polar surface area (TPSA) is 185 Å². The third-order valence-corrected chi connectivity index (χ3v) is 6.80. The molecule has 0 aromatic heterocycles. The number of nitrogens with two attached hydrogens (primary N) is 1. The van der Waals surface area contributed by atoms with Gasteiger partial charge in [0.05, 0.1) is 30.8 Å². The summed E-state index contributed by atoms with van der Waals surface area (Å²) in [6, 6.07) is 12.9. The fourth-order valence-electron chi connectivity index (χ4n) is 3.92. The van der Waals surface area contributed by atoms with Crippen molar-refractivity contribution in [2.45, 2.75) is 13.8 Å². The molecular weight excluding hydrogens is 538 g/mol. The molecule has 1 aliphatic rings. The molecule has 0 unspecified atom stereocenters. The van der Waals surface area contributed by atoms with Crippen molar-refractivity contribution in [3.05, 3.63) is 75.7 Å². The number of carbonyl (C=O) groups excluding carboxylic acids is 1. The van der Waals surface area contributed by atoms with E-state index in [0.29, 0.717) is 39.8 Å². The average Bonchev–Trinajstić information content (AvgIpc) is 2.90. The number of aryl methyl sites for hydroxylation is 2. The number of aliphatic hydroxyl groups excluding tert-OH is 1. The van der Waals surface area contributed by atoms with Crippen molar-refractivity contribution < 1.29 is 32.3 Å². The Hall–Kier alpha value is -4.59. The zero-order valence-corrected chi connectivity index (χ0v) is 22.7. The van der Waals surface area contributed by atoms with Gasteiger partial charge in [-0.3, -0.25) is 14.8 Å². The minimum atomic E-state index is -4.79. The van der Waals surface area contributed by atoms with Crippen molar-refractivity contribution in [1.29, 1.82) is 0 Å². The summed E-state index contributed by atoms with van der Waals surface area (Å²) in [6.07, 6.45) is 1.14. The maximum Gasteiger partial charge on any atom is 0.296 e. The maximum atomic E-state index is 13.1. The molecule has 13 heteroatoms. The predicted molar refractivity (Wildman–Crippen MR) is 151 cm³/mol. The summed E-state index contributed by atoms with van der Waals surface area (Å²) in [6.45, 7) is 3.74. The molecule has 0 fully saturated rings. The summed E-state index contributed by atoms with van der Waals surface area (Å²) in [7, 11) is -3.37. The van der Waals surface area contributed by atoms with Gasteiger partial charge < -0.3 is 20.3 Å². The molecule has 0 saturated carbocycles. The molecule has 0 atom stereocenters. The van der Waals surface area contributed by atoms with Gasteiger partial charge in [-0.1, -0.05) is 0 Å². The summed E-state index contributed by atoms with van der Waals surface area (Å²) in [4.78, 5) is 12.4. The Labute approximate surface area is 230 Å². The Bertz CT molecular complexity index is 1680. The van der Waals surface area contributed by atoms with Crippen LogP contribution in [0.15, 0.2) is 68.8 Å². The second-order valence-electron chi connectivity index (χ2n) is 8.79. The van der Waals surface area contributed by atoms with Crippen LogP contribution in [0.4, 0.5) is 22.7 Å². The molecular formula is C27H27N5O7S. The van der Waals surface area contributed by atoms with Crippen molar-refractivity contribution in [2.24, 2.45) is 15.3 Å². The number of anilines is 2. The first-order chi connectivity index (χ1) is 19.0. The number of Topliss-reactive ketones (excluding diaryl/α,β-unsaturated/α-hetero) is 1. The standard InChI is InChI=1S/C27H27N5O7S/c1-15-10-19(39-9-8-33)5-7-21(15)29-30-22-14-24(38-3)23(11-16(22)2)31-32-26-25(40(35,36)37)13-17-12-18(28)4-6-20(17)27(26)34/h4-7,10-14,31,33H,8-9,28H2,1-3H3,(H,35,36,37)/b30-29+,32-26-. The number of nitrogens with zero attached hydrogens (tertiary/aromatic N) is 3. The number of hydrogen-bond donors (Lipinski definition) is 4. The number of allylic oxidation sites excluding steroid dienone is 1. The van der Waals surface area contributed by atoms with Crippen LogP contribution >= 0.6 is 0 Å². The van der Waals surface area contributed by atoms with Crippen LogP contribution in [0.2, 0.25) is 0 Å². The Balaban J connectivity index is 1.64. The van der Waals surface area contributed by atoms with E-state index >= 15 is 0 Å². The van der Waals surface area contributed by atoms with Gasteiger partial charge in [0.2, 0.25) is 5.78 Å². The Kier molecular flexibility index (Phi) is 8.28. The summed E-state index contributed by atoms with van der Waals surface area (Å²) in [5.74, 6) is 0.195. The van der Waals surface area contributed by atoms with E-state index in [0.717, 1.165) is 11.6 Å². The molecule has 12 nitrogen and oxygen atoms in total. The monoisotopic (exact) mass is 565 g/mol. The molecule has 0 heterocycles. The van der Waals surface area contributed by atoms with Crippen LogP contribution in [0.25, 0.3) is 6.08 Å². The number of nitrogen functional groups attached to an aromatic ring is 1. The summed E-state index contributed by atoms with van der Waals surface area (Å²) in [5.41, 5.74) is 11.6. The predicted octanol–water partition coefficient (Wildman–Crippen LogP) is 4.57. The van der Waals surface area contributed by atoms with Gasteiger partial charge in [0.15, 0.2) is 5.71 Å². The van der Waals surface area contributed by atoms with Gasteiger partial charge in [-0.05, 0) is 79.1 Å². The SMILES string of the molecule is COc1cc(/N=N/c2ccc(OCCO)cc2C)c(C)cc1N/N=C1\C(=O)c2ccc(N)cc2C=C1S(=O)(=O)O. The normalized spacial score (nSPS) is 14.3. The van der Waals surface area contributed by atoms with E-state index in [1.165, 1.54) is 25.3 Å². The molecule has 4 rings (SSSR count). The smallest absolute Gasteiger partial charge is 0.296 e. The molecule has 0 radical (unpaired) electrons. The van der Waals surface area contributed by atoms with Crippen LogP contribution in [0.5, 0.6) is 11.5 Å². The van der Waals surface area contributed by atoms with Gasteiger partial charge in [-0.2, -0.15) is 23.7 Å². The average molecular weight is 566 g/mol. The third-order valence-electron chi connectivity index (χ3n) is 5.93. The first kappa shape index (κ1) is 28.4. The highest BCUT2D eigenvalue weighted by molar-refractivity contribution is 7.91. The number of fused-ring (bicyclic) bond motifs is 1. The lowest BCUT2D eigenvalue weighted by Crippen LogP contribution is -2.27. The van der Waals surface area contributed by atoms with Crippen LogP contribution in [-0.4, -0.2) is 49.9 Å². The number of rotatable bonds is 9. The van der Waals surface area contributed by atoms with E-state index < -0.39 is 26.5 Å². The Morgan fingerprint density at radius 1 is 1.00 bits per heavy atom. The number of hydrogen-bond acceptors (Lipinski definition) is 11. The number of ether oxygens (including phenoxy) is 2. The highest BCUT2D eigenvalue weighted by atomic mass is 32.2. The molecule has 1 aliphatic carbocycles. The second kappa shape index (κ2) is 11.7. The van der Waals surface area contributed by atoms with E-state index in [9.17, 15) is 17.8 Å². The number of carbonyl (C=O) groups is 1. The zero-order valence-electron chi connectivity index (χ0n) is 21.9. The molecule has 3 aromatic carbocycles. The number of azo groups is 1. The molecule has 208 valence electrons. The van der Waals surface area contributed by atoms with Crippen LogP contribution in [-0.2, 0) is 10.1 Å². The van der Waals surface area contributed by atoms with Crippen molar-refractivity contribution in [3.63, 3.8) is 0 Å². The fourth-order valence-corrected chi connectivity index (χ4v) is 4.58. The molecule has 3 aromatic rings. The molecule has 0 aliphatic heterocycles. The Morgan fingerprint density at radius 3 is 2.40 bits per heavy atom. The second-order valence-corrected chi connectivity index (χ2v) is 10.2. The maximum absolute atomic E-state index is 13.1. The number of hydrazone groups is 1.